The monoisotopic (exact) mass is 297 g/mol. The third-order valence-corrected chi connectivity index (χ3v) is 4.60. The summed E-state index contributed by atoms with van der Waals surface area (Å²) in [5.74, 6) is 0.224. The van der Waals surface area contributed by atoms with Gasteiger partial charge >= 0.3 is 0 Å². The number of nitriles is 1. The molecular weight excluding hydrogens is 282 g/mol. The molecule has 21 heavy (non-hydrogen) atoms. The zero-order chi connectivity index (χ0) is 14.7. The smallest absolute Gasteiger partial charge is 0.141 e. The summed E-state index contributed by atoms with van der Waals surface area (Å²) in [6.45, 7) is 2.13. The van der Waals surface area contributed by atoms with Crippen molar-refractivity contribution in [1.82, 2.24) is 19.9 Å². The molecule has 1 N–H and O–H groups in total. The van der Waals surface area contributed by atoms with Gasteiger partial charge in [-0.2, -0.15) is 5.26 Å². The summed E-state index contributed by atoms with van der Waals surface area (Å²) in [6.07, 6.45) is 7.84. The molecule has 0 amide bonds. The fraction of sp³-hybridized carbons (Fsp3) is 0.333. The van der Waals surface area contributed by atoms with E-state index in [2.05, 4.69) is 32.9 Å². The second-order valence-electron chi connectivity index (χ2n) is 4.87. The number of nitrogens with zero attached hydrogens (tertiary/aromatic N) is 4. The van der Waals surface area contributed by atoms with Gasteiger partial charge in [0.2, 0.25) is 0 Å². The van der Waals surface area contributed by atoms with Crippen LogP contribution in [-0.4, -0.2) is 19.9 Å². The molecule has 3 heterocycles. The number of hydrogen-bond acceptors (Lipinski definition) is 5. The maximum atomic E-state index is 8.96. The Morgan fingerprint density at radius 1 is 1.38 bits per heavy atom. The number of hydrogen-bond donors (Lipinski definition) is 1. The zero-order valence-corrected chi connectivity index (χ0v) is 12.5. The lowest BCUT2D eigenvalue weighted by Crippen LogP contribution is -1.96. The highest BCUT2D eigenvalue weighted by molar-refractivity contribution is 7.15. The zero-order valence-electron chi connectivity index (χ0n) is 11.7. The van der Waals surface area contributed by atoms with Crippen molar-refractivity contribution in [2.45, 2.75) is 32.1 Å². The lowest BCUT2D eigenvalue weighted by Gasteiger charge is -2.07. The van der Waals surface area contributed by atoms with Gasteiger partial charge in [-0.1, -0.05) is 13.3 Å². The average molecular weight is 297 g/mol. The van der Waals surface area contributed by atoms with Gasteiger partial charge in [0.05, 0.1) is 21.6 Å². The van der Waals surface area contributed by atoms with Crippen LogP contribution in [0.2, 0.25) is 0 Å². The van der Waals surface area contributed by atoms with Crippen molar-refractivity contribution >= 4 is 22.4 Å². The van der Waals surface area contributed by atoms with Gasteiger partial charge in [-0.3, -0.25) is 0 Å². The van der Waals surface area contributed by atoms with Crippen LogP contribution in [-0.2, 0) is 0 Å². The van der Waals surface area contributed by atoms with Gasteiger partial charge in [0.1, 0.15) is 12.0 Å². The highest BCUT2D eigenvalue weighted by Gasteiger charge is 2.17. The first-order valence-corrected chi connectivity index (χ1v) is 7.76. The number of H-pyrrole nitrogens is 1. The minimum Gasteiger partial charge on any atom is -0.346 e. The quantitative estimate of drug-likeness (QED) is 0.775. The summed E-state index contributed by atoms with van der Waals surface area (Å²) in [5.41, 5.74) is 1.73. The van der Waals surface area contributed by atoms with E-state index in [-0.39, 0.29) is 5.92 Å². The molecule has 3 aromatic heterocycles. The van der Waals surface area contributed by atoms with Gasteiger partial charge in [0.15, 0.2) is 0 Å². The van der Waals surface area contributed by atoms with Crippen LogP contribution < -0.4 is 0 Å². The van der Waals surface area contributed by atoms with E-state index in [1.807, 2.05) is 18.5 Å². The van der Waals surface area contributed by atoms with Crippen LogP contribution in [0, 0.1) is 11.3 Å². The van der Waals surface area contributed by atoms with Crippen molar-refractivity contribution in [3.8, 4) is 16.6 Å². The van der Waals surface area contributed by atoms with E-state index in [0.29, 0.717) is 6.42 Å². The third kappa shape index (κ3) is 2.65. The molecule has 106 valence electrons. The molecule has 5 nitrogen and oxygen atoms in total. The second kappa shape index (κ2) is 6.02. The van der Waals surface area contributed by atoms with E-state index in [1.165, 1.54) is 0 Å². The molecule has 0 saturated heterocycles. The molecule has 0 radical (unpaired) electrons. The summed E-state index contributed by atoms with van der Waals surface area (Å²) < 4.78 is 0. The van der Waals surface area contributed by atoms with E-state index >= 15 is 0 Å². The highest BCUT2D eigenvalue weighted by atomic mass is 32.1. The van der Waals surface area contributed by atoms with Crippen molar-refractivity contribution in [3.05, 3.63) is 29.8 Å². The van der Waals surface area contributed by atoms with E-state index in [4.69, 9.17) is 5.26 Å². The third-order valence-electron chi connectivity index (χ3n) is 3.43. The van der Waals surface area contributed by atoms with E-state index in [1.54, 1.807) is 17.7 Å². The van der Waals surface area contributed by atoms with Crippen LogP contribution in [0.15, 0.2) is 24.8 Å². The molecule has 0 unspecified atom stereocenters. The van der Waals surface area contributed by atoms with Gasteiger partial charge < -0.3 is 4.98 Å². The number of thiazole rings is 1. The standard InChI is InChI=1S/C15H15N5S/c1-2-3-10(4-6-16)15-18-8-12(21-15)13-11-5-7-17-14(11)20-9-19-13/h5,7-10H,2-4H2,1H3,(H,17,19,20)/t10-/m0/s1. The van der Waals surface area contributed by atoms with Crippen LogP contribution >= 0.6 is 11.3 Å². The van der Waals surface area contributed by atoms with Gasteiger partial charge in [-0.25, -0.2) is 15.0 Å². The number of aromatic nitrogens is 4. The molecule has 0 fully saturated rings. The van der Waals surface area contributed by atoms with Crippen LogP contribution in [0.3, 0.4) is 0 Å². The van der Waals surface area contributed by atoms with Crippen molar-refractivity contribution in [2.24, 2.45) is 0 Å². The summed E-state index contributed by atoms with van der Waals surface area (Å²) in [6, 6.07) is 4.24. The fourth-order valence-corrected chi connectivity index (χ4v) is 3.49. The topological polar surface area (TPSA) is 78.2 Å². The summed E-state index contributed by atoms with van der Waals surface area (Å²) in [4.78, 5) is 17.2. The molecule has 0 aliphatic rings. The maximum Gasteiger partial charge on any atom is 0.141 e. The van der Waals surface area contributed by atoms with Gasteiger partial charge in [-0.15, -0.1) is 11.3 Å². The van der Waals surface area contributed by atoms with Crippen LogP contribution in [0.4, 0.5) is 0 Å². The van der Waals surface area contributed by atoms with E-state index < -0.39 is 0 Å². The van der Waals surface area contributed by atoms with Crippen molar-refractivity contribution in [1.29, 1.82) is 5.26 Å². The van der Waals surface area contributed by atoms with Crippen molar-refractivity contribution < 1.29 is 0 Å². The van der Waals surface area contributed by atoms with Crippen LogP contribution in [0.25, 0.3) is 21.6 Å². The summed E-state index contributed by atoms with van der Waals surface area (Å²) >= 11 is 1.63. The minimum absolute atomic E-state index is 0.224. The highest BCUT2D eigenvalue weighted by Crippen LogP contribution is 2.34. The Labute approximate surface area is 126 Å². The second-order valence-corrected chi connectivity index (χ2v) is 5.94. The fourth-order valence-electron chi connectivity index (χ4n) is 2.43. The van der Waals surface area contributed by atoms with Gasteiger partial charge in [-0.05, 0) is 12.5 Å². The molecule has 0 aromatic carbocycles. The lowest BCUT2D eigenvalue weighted by atomic mass is 10.0. The first-order valence-electron chi connectivity index (χ1n) is 6.94. The molecule has 0 spiro atoms. The molecule has 0 saturated carbocycles. The maximum absolute atomic E-state index is 8.96. The summed E-state index contributed by atoms with van der Waals surface area (Å²) in [7, 11) is 0. The molecule has 0 aliphatic heterocycles. The molecule has 6 heteroatoms. The van der Waals surface area contributed by atoms with Gasteiger partial charge in [0.25, 0.3) is 0 Å². The Morgan fingerprint density at radius 2 is 2.29 bits per heavy atom. The Balaban J connectivity index is 1.98. The van der Waals surface area contributed by atoms with Crippen LogP contribution in [0.5, 0.6) is 0 Å². The Hall–Kier alpha value is -2.26. The first kappa shape index (κ1) is 13.7. The number of fused-ring (bicyclic) bond motifs is 1. The molecule has 3 rings (SSSR count). The largest absolute Gasteiger partial charge is 0.346 e. The Bertz CT molecular complexity index is 783. The normalized spacial score (nSPS) is 12.4. The lowest BCUT2D eigenvalue weighted by molar-refractivity contribution is 0.622. The first-order chi connectivity index (χ1) is 10.3. The molecule has 0 aliphatic carbocycles. The van der Waals surface area contributed by atoms with E-state index in [9.17, 15) is 0 Å². The Morgan fingerprint density at radius 3 is 3.10 bits per heavy atom. The predicted octanol–water partition coefficient (Wildman–Crippen LogP) is 3.88. The predicted molar refractivity (Wildman–Crippen MR) is 82.9 cm³/mol. The molecular formula is C15H15N5S. The minimum atomic E-state index is 0.224. The number of aromatic amines is 1. The molecule has 1 atom stereocenters. The molecule has 3 aromatic rings. The SMILES string of the molecule is CCC[C@@H](CC#N)c1ncc(-c2ncnc3[nH]ccc23)s1. The van der Waals surface area contributed by atoms with Crippen LogP contribution in [0.1, 0.15) is 37.1 Å². The summed E-state index contributed by atoms with van der Waals surface area (Å²) in [5, 5.41) is 11.0. The van der Waals surface area contributed by atoms with Crippen molar-refractivity contribution in [2.75, 3.05) is 0 Å². The van der Waals surface area contributed by atoms with Gasteiger partial charge in [0, 0.05) is 30.1 Å². The number of nitrogens with one attached hydrogen (secondary N) is 1. The van der Waals surface area contributed by atoms with E-state index in [0.717, 1.165) is 39.5 Å². The average Bonchev–Trinajstić information content (AvgIpc) is 3.15. The van der Waals surface area contributed by atoms with Crippen molar-refractivity contribution in [3.63, 3.8) is 0 Å². The number of rotatable bonds is 5. The molecule has 0 bridgehead atoms. The Kier molecular flexibility index (Phi) is 3.93.